The van der Waals surface area contributed by atoms with E-state index in [1.165, 1.54) is 24.5 Å². The summed E-state index contributed by atoms with van der Waals surface area (Å²) in [4.78, 5) is 12.3. The van der Waals surface area contributed by atoms with E-state index in [0.29, 0.717) is 35.1 Å². The molecule has 6 rings (SSSR count). The molecule has 2 fully saturated rings. The number of halogens is 7. The smallest absolute Gasteiger partial charge is 0.385 e. The number of hydrogen-bond donors (Lipinski definition) is 1. The summed E-state index contributed by atoms with van der Waals surface area (Å²) >= 11 is 3.18. The van der Waals surface area contributed by atoms with Crippen LogP contribution in [0, 0.1) is 17.8 Å². The Morgan fingerprint density at radius 2 is 1.21 bits per heavy atom. The number of anilines is 2. The van der Waals surface area contributed by atoms with Gasteiger partial charge in [0.1, 0.15) is 0 Å². The van der Waals surface area contributed by atoms with Crippen LogP contribution in [0.25, 0.3) is 21.8 Å². The number of aromatic nitrogens is 2. The maximum Gasteiger partial charge on any atom is 0.418 e. The van der Waals surface area contributed by atoms with Gasteiger partial charge in [-0.2, -0.15) is 26.3 Å². The fourth-order valence-corrected chi connectivity index (χ4v) is 7.72. The fraction of sp³-hybridized carbons (Fsp3) is 0.538. The lowest BCUT2D eigenvalue weighted by Crippen LogP contribution is -2.46. The molecule has 2 aliphatic rings. The molecule has 0 saturated carbocycles. The minimum absolute atomic E-state index is 0.000650. The topological polar surface area (TPSA) is 76.7 Å². The zero-order valence-electron chi connectivity index (χ0n) is 30.7. The van der Waals surface area contributed by atoms with E-state index in [-0.39, 0.29) is 17.1 Å². The molecule has 0 bridgehead atoms. The van der Waals surface area contributed by atoms with E-state index in [9.17, 15) is 26.3 Å². The van der Waals surface area contributed by atoms with Crippen LogP contribution >= 0.6 is 15.9 Å². The number of fused-ring (bicyclic) bond motifs is 2. The molecule has 0 unspecified atom stereocenters. The van der Waals surface area contributed by atoms with E-state index in [0.717, 1.165) is 81.3 Å². The van der Waals surface area contributed by atoms with Crippen LogP contribution in [0.1, 0.15) is 50.7 Å². The van der Waals surface area contributed by atoms with Crippen molar-refractivity contribution < 1.29 is 35.8 Å². The Hall–Kier alpha value is -3.20. The first-order chi connectivity index (χ1) is 25.2. The highest BCUT2D eigenvalue weighted by Gasteiger charge is 2.36. The van der Waals surface area contributed by atoms with Crippen molar-refractivity contribution in [1.29, 1.82) is 0 Å². The highest BCUT2D eigenvalue weighted by Crippen LogP contribution is 2.40. The quantitative estimate of drug-likeness (QED) is 0.108. The van der Waals surface area contributed by atoms with Crippen LogP contribution in [0.5, 0.6) is 0 Å². The van der Waals surface area contributed by atoms with E-state index in [1.54, 1.807) is 44.6 Å². The fourth-order valence-electron chi connectivity index (χ4n) is 7.40. The van der Waals surface area contributed by atoms with Crippen LogP contribution in [0.2, 0.25) is 0 Å². The Morgan fingerprint density at radius 3 is 1.64 bits per heavy atom. The third-order valence-corrected chi connectivity index (χ3v) is 9.79. The molecule has 2 aromatic carbocycles. The molecule has 2 saturated heterocycles. The number of hydrogen-bond acceptors (Lipinski definition) is 7. The standard InChI is InChI=1S/C20H25F3N2O.C16H18F3N3.C3H7BrO/c1-14-11-15(5-4-10-26-2)13-25(12-14)18-8-7-17(20(21,22)23)19-16(18)6-3-9-24-19;1-10-7-11(20)9-22(8-10)14-5-4-13(16(17,18)19)15-12(14)3-2-6-21-15;1-5-3-2-4/h3,6-9,14-15H,4-5,10-13H2,1-2H3;2-6,10-11H,7-9,20H2,1H3;2-3H2,1H3/t14-,15+;10-,11+;/m00./s1. The molecular formula is C39H50BrF6N5O2. The van der Waals surface area contributed by atoms with Gasteiger partial charge in [0.25, 0.3) is 0 Å². The van der Waals surface area contributed by atoms with E-state index >= 15 is 0 Å². The summed E-state index contributed by atoms with van der Waals surface area (Å²) < 4.78 is 89.2. The normalized spacial score (nSPS) is 20.8. The summed E-state index contributed by atoms with van der Waals surface area (Å²) in [6, 6.07) is 12.3. The molecule has 53 heavy (non-hydrogen) atoms. The maximum absolute atomic E-state index is 13.3. The third-order valence-electron chi connectivity index (χ3n) is 9.47. The Bertz CT molecular complexity index is 1730. The van der Waals surface area contributed by atoms with Gasteiger partial charge in [0.2, 0.25) is 0 Å². The number of pyridine rings is 2. The maximum atomic E-state index is 13.3. The summed E-state index contributed by atoms with van der Waals surface area (Å²) in [7, 11) is 3.39. The molecule has 4 aromatic rings. The molecular weight excluding hydrogens is 764 g/mol. The van der Waals surface area contributed by atoms with Crippen molar-refractivity contribution in [1.82, 2.24) is 9.97 Å². The van der Waals surface area contributed by atoms with Crippen molar-refractivity contribution in [3.8, 4) is 0 Å². The zero-order valence-corrected chi connectivity index (χ0v) is 32.3. The average Bonchev–Trinajstić information content (AvgIpc) is 3.10. The van der Waals surface area contributed by atoms with Gasteiger partial charge in [-0.05, 0) is 92.0 Å². The molecule has 4 heterocycles. The van der Waals surface area contributed by atoms with Gasteiger partial charge in [-0.25, -0.2) is 0 Å². The summed E-state index contributed by atoms with van der Waals surface area (Å²) in [5.41, 5.74) is 6.36. The highest BCUT2D eigenvalue weighted by atomic mass is 79.9. The molecule has 0 radical (unpaired) electrons. The SMILES string of the molecule is COCCBr.COCCC[C@@H]1C[C@H](C)CN(c2ccc(C(F)(F)F)c3ncccc23)C1.C[C@H]1C[C@@H](N)CN(c2ccc(C(F)(F)F)c3ncccc23)C1. The van der Waals surface area contributed by atoms with Crippen LogP contribution in [0.3, 0.4) is 0 Å². The Labute approximate surface area is 316 Å². The summed E-state index contributed by atoms with van der Waals surface area (Å²) in [6.45, 7) is 9.04. The largest absolute Gasteiger partial charge is 0.418 e. The molecule has 7 nitrogen and oxygen atoms in total. The molecule has 292 valence electrons. The number of ether oxygens (including phenoxy) is 2. The molecule has 0 amide bonds. The summed E-state index contributed by atoms with van der Waals surface area (Å²) in [5.74, 6) is 1.45. The van der Waals surface area contributed by atoms with Crippen molar-refractivity contribution in [3.63, 3.8) is 0 Å². The van der Waals surface area contributed by atoms with Gasteiger partial charge < -0.3 is 25.0 Å². The van der Waals surface area contributed by atoms with Gasteiger partial charge in [-0.1, -0.05) is 29.8 Å². The first-order valence-corrected chi connectivity index (χ1v) is 19.0. The third kappa shape index (κ3) is 11.6. The molecule has 0 aliphatic carbocycles. The van der Waals surface area contributed by atoms with Gasteiger partial charge in [-0.15, -0.1) is 0 Å². The van der Waals surface area contributed by atoms with Gasteiger partial charge >= 0.3 is 12.4 Å². The van der Waals surface area contributed by atoms with Crippen LogP contribution in [0.4, 0.5) is 37.7 Å². The number of nitrogens with zero attached hydrogens (tertiary/aromatic N) is 4. The van der Waals surface area contributed by atoms with Crippen molar-refractivity contribution >= 4 is 49.1 Å². The Kier molecular flexibility index (Phi) is 15.6. The lowest BCUT2D eigenvalue weighted by Gasteiger charge is -2.38. The van der Waals surface area contributed by atoms with Crippen molar-refractivity contribution in [2.75, 3.05) is 68.7 Å². The van der Waals surface area contributed by atoms with Crippen LogP contribution in [0.15, 0.2) is 60.9 Å². The predicted octanol–water partition coefficient (Wildman–Crippen LogP) is 9.60. The molecule has 2 aliphatic heterocycles. The molecule has 2 aromatic heterocycles. The van der Waals surface area contributed by atoms with Crippen molar-refractivity contribution in [2.45, 2.75) is 57.9 Å². The number of rotatable bonds is 8. The second kappa shape index (κ2) is 19.4. The van der Waals surface area contributed by atoms with Gasteiger partial charge in [0.05, 0.1) is 28.8 Å². The van der Waals surface area contributed by atoms with E-state index in [4.69, 9.17) is 10.5 Å². The second-order valence-electron chi connectivity index (χ2n) is 14.0. The first kappa shape index (κ1) is 42.5. The number of piperidine rings is 2. The molecule has 2 N–H and O–H groups in total. The number of methoxy groups -OCH3 is 2. The van der Waals surface area contributed by atoms with Crippen molar-refractivity contribution in [2.24, 2.45) is 23.5 Å². The first-order valence-electron chi connectivity index (χ1n) is 17.9. The molecule has 14 heteroatoms. The zero-order chi connectivity index (χ0) is 38.8. The van der Waals surface area contributed by atoms with Gasteiger partial charge in [0.15, 0.2) is 0 Å². The summed E-state index contributed by atoms with van der Waals surface area (Å²) in [6.07, 6.45) is -1.81. The van der Waals surface area contributed by atoms with Crippen LogP contribution in [-0.4, -0.2) is 75.0 Å². The lowest BCUT2D eigenvalue weighted by atomic mass is 9.87. The number of alkyl halides is 7. The van der Waals surface area contributed by atoms with Crippen molar-refractivity contribution in [3.05, 3.63) is 72.1 Å². The van der Waals surface area contributed by atoms with E-state index in [1.807, 2.05) is 0 Å². The average molecular weight is 815 g/mol. The number of benzene rings is 2. The monoisotopic (exact) mass is 813 g/mol. The number of nitrogens with two attached hydrogens (primary N) is 1. The molecule has 4 atom stereocenters. The minimum atomic E-state index is -4.41. The second-order valence-corrected chi connectivity index (χ2v) is 14.8. The van der Waals surface area contributed by atoms with E-state index < -0.39 is 23.5 Å². The lowest BCUT2D eigenvalue weighted by molar-refractivity contribution is -0.137. The Morgan fingerprint density at radius 1 is 0.717 bits per heavy atom. The predicted molar refractivity (Wildman–Crippen MR) is 204 cm³/mol. The van der Waals surface area contributed by atoms with Gasteiger partial charge in [0, 0.05) is 92.9 Å². The Balaban J connectivity index is 0.000000212. The van der Waals surface area contributed by atoms with Gasteiger partial charge in [-0.3, -0.25) is 9.97 Å². The molecule has 0 spiro atoms. The highest BCUT2D eigenvalue weighted by molar-refractivity contribution is 9.09. The summed E-state index contributed by atoms with van der Waals surface area (Å²) in [5, 5.41) is 2.04. The van der Waals surface area contributed by atoms with Crippen LogP contribution in [-0.2, 0) is 21.8 Å². The van der Waals surface area contributed by atoms with Crippen LogP contribution < -0.4 is 15.5 Å². The minimum Gasteiger partial charge on any atom is -0.385 e. The van der Waals surface area contributed by atoms with E-state index in [2.05, 4.69) is 54.3 Å².